The molecular formula is C32H38ClFN2O6. The number of carbonyl (C=O) groups is 2. The number of methoxy groups -OCH3 is 1. The van der Waals surface area contributed by atoms with Crippen LogP contribution >= 0.6 is 11.6 Å². The van der Waals surface area contributed by atoms with Gasteiger partial charge in [-0.15, -0.1) is 0 Å². The number of hydrogen-bond donors (Lipinski definition) is 2. The number of hydrogen-bond acceptors (Lipinski definition) is 8. The molecule has 10 heteroatoms. The molecule has 0 saturated carbocycles. The van der Waals surface area contributed by atoms with E-state index in [1.165, 1.54) is 19.2 Å². The van der Waals surface area contributed by atoms with Gasteiger partial charge in [0, 0.05) is 23.1 Å². The minimum atomic E-state index is -1.49. The lowest BCUT2D eigenvalue weighted by Gasteiger charge is -2.27. The number of carbonyl (C=O) groups excluding carboxylic acids is 2. The quantitative estimate of drug-likeness (QED) is 0.135. The third kappa shape index (κ3) is 8.50. The number of halogens is 2. The van der Waals surface area contributed by atoms with E-state index in [-0.39, 0.29) is 48.7 Å². The second-order valence-corrected chi connectivity index (χ2v) is 11.6. The van der Waals surface area contributed by atoms with E-state index >= 15 is 0 Å². The number of aliphatic hydroxyl groups is 1. The Morgan fingerprint density at radius 3 is 2.38 bits per heavy atom. The van der Waals surface area contributed by atoms with Crippen LogP contribution in [-0.2, 0) is 20.7 Å². The predicted molar refractivity (Wildman–Crippen MR) is 159 cm³/mol. The number of Topliss-reactive ketones (excluding diaryl/α,β-unsaturated/α-hetero) is 1. The minimum Gasteiger partial charge on any atom is -0.493 e. The van der Waals surface area contributed by atoms with Gasteiger partial charge in [0.15, 0.2) is 17.3 Å². The predicted octanol–water partition coefficient (Wildman–Crippen LogP) is 6.19. The molecule has 1 unspecified atom stereocenters. The molecule has 0 fully saturated rings. The van der Waals surface area contributed by atoms with E-state index in [0.29, 0.717) is 39.6 Å². The number of benzene rings is 2. The van der Waals surface area contributed by atoms with E-state index in [0.717, 1.165) is 0 Å². The molecule has 2 aromatic carbocycles. The molecule has 0 aliphatic carbocycles. The molecule has 3 rings (SSSR count). The van der Waals surface area contributed by atoms with Crippen LogP contribution in [0.5, 0.6) is 11.5 Å². The van der Waals surface area contributed by atoms with Gasteiger partial charge in [-0.05, 0) is 81.3 Å². The smallest absolute Gasteiger partial charge is 0.308 e. The Labute approximate surface area is 251 Å². The van der Waals surface area contributed by atoms with Crippen molar-refractivity contribution in [3.63, 3.8) is 0 Å². The van der Waals surface area contributed by atoms with E-state index in [9.17, 15) is 19.1 Å². The molecular weight excluding hydrogens is 563 g/mol. The van der Waals surface area contributed by atoms with E-state index in [4.69, 9.17) is 31.5 Å². The molecule has 1 aromatic heterocycles. The van der Waals surface area contributed by atoms with E-state index < -0.39 is 17.0 Å². The van der Waals surface area contributed by atoms with Crippen molar-refractivity contribution in [3.05, 3.63) is 76.2 Å². The Morgan fingerprint density at radius 1 is 1.05 bits per heavy atom. The highest BCUT2D eigenvalue weighted by Crippen LogP contribution is 2.34. The molecule has 3 N–H and O–H groups in total. The standard InChI is InChI=1S/C32H38ClFN2O6/c1-19(2)30(38)42-14-13-41-27-10-8-21(16-28(27)40-6)26(37)11-12-32(5,39)29-18-22(31(3,4)35)17-25(36-29)20-7-9-24(34)23(33)15-20/h7-10,15-19,39H,11-14,35H2,1-6H3. The Balaban J connectivity index is 1.76. The zero-order chi connectivity index (χ0) is 31.2. The van der Waals surface area contributed by atoms with Crippen LogP contribution in [0.3, 0.4) is 0 Å². The van der Waals surface area contributed by atoms with Crippen LogP contribution in [0.2, 0.25) is 5.02 Å². The molecule has 3 aromatic rings. The van der Waals surface area contributed by atoms with Crippen LogP contribution in [0.15, 0.2) is 48.5 Å². The average Bonchev–Trinajstić information content (AvgIpc) is 2.94. The summed E-state index contributed by atoms with van der Waals surface area (Å²) in [4.78, 5) is 29.4. The lowest BCUT2D eigenvalue weighted by atomic mass is 9.88. The minimum absolute atomic E-state index is 0.0111. The van der Waals surface area contributed by atoms with Crippen LogP contribution in [-0.4, -0.2) is 42.2 Å². The van der Waals surface area contributed by atoms with Crippen molar-refractivity contribution in [3.8, 4) is 22.8 Å². The van der Waals surface area contributed by atoms with Crippen LogP contribution in [0.4, 0.5) is 4.39 Å². The van der Waals surface area contributed by atoms with E-state index in [2.05, 4.69) is 4.98 Å². The SMILES string of the molecule is COc1cc(C(=O)CCC(C)(O)c2cc(C(C)(C)N)cc(-c3ccc(F)c(Cl)c3)n2)ccc1OCCOC(=O)C(C)C. The summed E-state index contributed by atoms with van der Waals surface area (Å²) in [5.74, 6) is -0.553. The number of pyridine rings is 1. The van der Waals surface area contributed by atoms with Crippen molar-refractivity contribution in [1.82, 2.24) is 4.98 Å². The van der Waals surface area contributed by atoms with Crippen molar-refractivity contribution in [1.29, 1.82) is 0 Å². The first kappa shape index (κ1) is 33.0. The van der Waals surface area contributed by atoms with Gasteiger partial charge < -0.3 is 25.1 Å². The van der Waals surface area contributed by atoms with Crippen molar-refractivity contribution < 1.29 is 33.3 Å². The van der Waals surface area contributed by atoms with Gasteiger partial charge in [-0.2, -0.15) is 0 Å². The fourth-order valence-electron chi connectivity index (χ4n) is 4.03. The maximum absolute atomic E-state index is 13.8. The first-order chi connectivity index (χ1) is 19.6. The molecule has 0 radical (unpaired) electrons. The number of ether oxygens (including phenoxy) is 3. The first-order valence-electron chi connectivity index (χ1n) is 13.6. The molecule has 0 spiro atoms. The van der Waals surface area contributed by atoms with E-state index in [1.54, 1.807) is 57.2 Å². The van der Waals surface area contributed by atoms with Crippen molar-refractivity contribution in [2.75, 3.05) is 20.3 Å². The van der Waals surface area contributed by atoms with Gasteiger partial charge >= 0.3 is 5.97 Å². The third-order valence-electron chi connectivity index (χ3n) is 6.72. The van der Waals surface area contributed by atoms with Crippen LogP contribution in [0.1, 0.15) is 69.1 Å². The number of nitrogens with zero attached hydrogens (tertiary/aromatic N) is 1. The highest BCUT2D eigenvalue weighted by atomic mass is 35.5. The fraction of sp³-hybridized carbons (Fsp3) is 0.406. The zero-order valence-electron chi connectivity index (χ0n) is 24.8. The topological polar surface area (TPSA) is 121 Å². The van der Waals surface area contributed by atoms with Crippen molar-refractivity contribution >= 4 is 23.4 Å². The van der Waals surface area contributed by atoms with Gasteiger partial charge in [0.1, 0.15) is 24.6 Å². The summed E-state index contributed by atoms with van der Waals surface area (Å²) in [6.07, 6.45) is 0.0792. The Hall–Kier alpha value is -3.53. The number of rotatable bonds is 13. The molecule has 0 saturated heterocycles. The summed E-state index contributed by atoms with van der Waals surface area (Å²) in [5.41, 5.74) is 6.56. The second kappa shape index (κ2) is 13.6. The molecule has 0 aliphatic rings. The van der Waals surface area contributed by atoms with E-state index in [1.807, 2.05) is 13.8 Å². The van der Waals surface area contributed by atoms with Gasteiger partial charge in [0.2, 0.25) is 0 Å². The lowest BCUT2D eigenvalue weighted by molar-refractivity contribution is -0.148. The highest BCUT2D eigenvalue weighted by Gasteiger charge is 2.29. The summed E-state index contributed by atoms with van der Waals surface area (Å²) < 4.78 is 30.0. The lowest BCUT2D eigenvalue weighted by Crippen LogP contribution is -2.31. The molecule has 42 heavy (non-hydrogen) atoms. The monoisotopic (exact) mass is 600 g/mol. The third-order valence-corrected chi connectivity index (χ3v) is 7.01. The van der Waals surface area contributed by atoms with Crippen molar-refractivity contribution in [2.24, 2.45) is 11.7 Å². The first-order valence-corrected chi connectivity index (χ1v) is 14.0. The van der Waals surface area contributed by atoms with Gasteiger partial charge in [0.25, 0.3) is 0 Å². The normalized spacial score (nSPS) is 13.0. The number of nitrogens with two attached hydrogens (primary N) is 1. The summed E-state index contributed by atoms with van der Waals surface area (Å²) in [5, 5.41) is 11.4. The van der Waals surface area contributed by atoms with Crippen LogP contribution < -0.4 is 15.2 Å². The van der Waals surface area contributed by atoms with Gasteiger partial charge in [-0.1, -0.05) is 25.4 Å². The van der Waals surface area contributed by atoms with Gasteiger partial charge in [-0.3, -0.25) is 9.59 Å². The summed E-state index contributed by atoms with van der Waals surface area (Å²) >= 11 is 6.00. The number of aromatic nitrogens is 1. The zero-order valence-corrected chi connectivity index (χ0v) is 25.5. The summed E-state index contributed by atoms with van der Waals surface area (Å²) in [6.45, 7) is 8.94. The molecule has 8 nitrogen and oxygen atoms in total. The second-order valence-electron chi connectivity index (χ2n) is 11.2. The molecule has 0 bridgehead atoms. The Morgan fingerprint density at radius 2 is 1.76 bits per heavy atom. The molecule has 1 heterocycles. The fourth-order valence-corrected chi connectivity index (χ4v) is 4.21. The average molecular weight is 601 g/mol. The van der Waals surface area contributed by atoms with Crippen molar-refractivity contribution in [2.45, 2.75) is 58.6 Å². The number of esters is 1. The van der Waals surface area contributed by atoms with Crippen LogP contribution in [0.25, 0.3) is 11.3 Å². The van der Waals surface area contributed by atoms with Gasteiger partial charge in [-0.25, -0.2) is 9.37 Å². The maximum atomic E-state index is 13.8. The molecule has 0 amide bonds. The highest BCUT2D eigenvalue weighted by molar-refractivity contribution is 6.31. The molecule has 226 valence electrons. The Bertz CT molecular complexity index is 1430. The van der Waals surface area contributed by atoms with Crippen LogP contribution in [0, 0.1) is 11.7 Å². The molecule has 1 atom stereocenters. The largest absolute Gasteiger partial charge is 0.493 e. The maximum Gasteiger partial charge on any atom is 0.308 e. The molecule has 0 aliphatic heterocycles. The Kier molecular flexibility index (Phi) is 10.7. The van der Waals surface area contributed by atoms with Gasteiger partial charge in [0.05, 0.1) is 29.4 Å². The summed E-state index contributed by atoms with van der Waals surface area (Å²) in [7, 11) is 1.46. The number of ketones is 1. The summed E-state index contributed by atoms with van der Waals surface area (Å²) in [6, 6.07) is 12.6.